The molecule has 0 radical (unpaired) electrons. The van der Waals surface area contributed by atoms with E-state index in [2.05, 4.69) is 10.6 Å². The molecule has 0 unspecified atom stereocenters. The number of nitrogens with one attached hydrogen (secondary N) is 2. The van der Waals surface area contributed by atoms with Crippen LogP contribution >= 0.6 is 0 Å². The quantitative estimate of drug-likeness (QED) is 0.620. The molecule has 2 atom stereocenters. The molecule has 2 saturated heterocycles. The van der Waals surface area contributed by atoms with Gasteiger partial charge in [-0.15, -0.1) is 0 Å². The zero-order valence-corrected chi connectivity index (χ0v) is 21.9. The van der Waals surface area contributed by atoms with Gasteiger partial charge in [0, 0.05) is 35.6 Å². The van der Waals surface area contributed by atoms with Crippen LogP contribution in [0.25, 0.3) is 11.1 Å². The van der Waals surface area contributed by atoms with Gasteiger partial charge in [0.05, 0.1) is 0 Å². The van der Waals surface area contributed by atoms with Crippen molar-refractivity contribution in [2.45, 2.75) is 64.1 Å². The minimum Gasteiger partial charge on any atom is -0.530 e. The number of hydrogen-bond donors (Lipinski definition) is 2. The van der Waals surface area contributed by atoms with Crippen LogP contribution in [0.3, 0.4) is 0 Å². The summed E-state index contributed by atoms with van der Waals surface area (Å²) in [6.07, 6.45) is 0.341. The van der Waals surface area contributed by atoms with Crippen LogP contribution in [-0.4, -0.2) is 64.6 Å². The summed E-state index contributed by atoms with van der Waals surface area (Å²) < 4.78 is 5.49. The minimum atomic E-state index is -1.36. The molecule has 0 saturated carbocycles. The molecule has 0 bridgehead atoms. The number of ether oxygens (including phenoxy) is 1. The second-order valence-corrected chi connectivity index (χ2v) is 10.5. The zero-order chi connectivity index (χ0) is 27.4. The first-order valence-corrected chi connectivity index (χ1v) is 12.8. The number of para-hydroxylation sites is 2. The normalized spacial score (nSPS) is 19.2. The average molecular weight is 522 g/mol. The lowest BCUT2D eigenvalue weighted by molar-refractivity contribution is -0.266. The number of likely N-dealkylation sites (tertiary alicyclic amines) is 2. The van der Waals surface area contributed by atoms with Crippen LogP contribution < -0.4 is 15.7 Å². The van der Waals surface area contributed by atoms with Gasteiger partial charge < -0.3 is 30.2 Å². The van der Waals surface area contributed by atoms with E-state index in [1.54, 1.807) is 45.0 Å². The number of amides is 4. The van der Waals surface area contributed by atoms with Crippen LogP contribution in [0.2, 0.25) is 0 Å². The van der Waals surface area contributed by atoms with Gasteiger partial charge >= 0.3 is 6.09 Å². The maximum absolute atomic E-state index is 13.3. The van der Waals surface area contributed by atoms with E-state index in [1.165, 1.54) is 4.90 Å². The highest BCUT2D eigenvalue weighted by atomic mass is 16.6. The van der Waals surface area contributed by atoms with Gasteiger partial charge in [0.15, 0.2) is 0 Å². The number of carbonyl (C=O) groups excluding carboxylic acids is 4. The van der Waals surface area contributed by atoms with Crippen LogP contribution in [0.15, 0.2) is 48.5 Å². The first-order chi connectivity index (χ1) is 18.0. The Morgan fingerprint density at radius 2 is 1.24 bits per heavy atom. The molecule has 2 aliphatic rings. The molecule has 2 N–H and O–H groups in total. The first-order valence-electron chi connectivity index (χ1n) is 12.8. The van der Waals surface area contributed by atoms with Gasteiger partial charge in [-0.05, 0) is 58.6 Å². The Bertz CT molecular complexity index is 1220. The maximum Gasteiger partial charge on any atom is 0.410 e. The third-order valence-corrected chi connectivity index (χ3v) is 6.63. The second kappa shape index (κ2) is 11.1. The predicted octanol–water partition coefficient (Wildman–Crippen LogP) is 3.44. The molecular weight excluding hydrogens is 488 g/mol. The van der Waals surface area contributed by atoms with Crippen LogP contribution in [-0.2, 0) is 14.3 Å². The maximum atomic E-state index is 13.3. The molecule has 38 heavy (non-hydrogen) atoms. The van der Waals surface area contributed by atoms with Crippen molar-refractivity contribution in [2.24, 2.45) is 0 Å². The molecule has 2 aromatic rings. The molecule has 4 rings (SSSR count). The summed E-state index contributed by atoms with van der Waals surface area (Å²) >= 11 is 0. The van der Waals surface area contributed by atoms with Gasteiger partial charge in [-0.3, -0.25) is 14.5 Å². The van der Waals surface area contributed by atoms with Gasteiger partial charge in [-0.2, -0.15) is 0 Å². The third kappa shape index (κ3) is 6.07. The highest BCUT2D eigenvalue weighted by Crippen LogP contribution is 2.35. The molecule has 202 valence electrons. The Morgan fingerprint density at radius 1 is 0.789 bits per heavy atom. The van der Waals surface area contributed by atoms with Gasteiger partial charge in [0.2, 0.25) is 11.8 Å². The van der Waals surface area contributed by atoms with Crippen LogP contribution in [0.5, 0.6) is 0 Å². The molecule has 4 amide bonds. The fourth-order valence-electron chi connectivity index (χ4n) is 4.92. The van der Waals surface area contributed by atoms with E-state index in [-0.39, 0.29) is 12.5 Å². The largest absolute Gasteiger partial charge is 0.530 e. The fraction of sp³-hybridized carbons (Fsp3) is 0.429. The van der Waals surface area contributed by atoms with Crippen molar-refractivity contribution in [3.05, 3.63) is 48.5 Å². The topological polar surface area (TPSA) is 131 Å². The lowest BCUT2D eigenvalue weighted by atomic mass is 10.0. The summed E-state index contributed by atoms with van der Waals surface area (Å²) in [7, 11) is 0. The summed E-state index contributed by atoms with van der Waals surface area (Å²) in [4.78, 5) is 52.9. The molecule has 2 aliphatic heterocycles. The van der Waals surface area contributed by atoms with Crippen molar-refractivity contribution in [3.63, 3.8) is 0 Å². The van der Waals surface area contributed by atoms with Crippen LogP contribution in [0, 0.1) is 0 Å². The van der Waals surface area contributed by atoms with E-state index in [4.69, 9.17) is 4.74 Å². The number of rotatable bonds is 5. The summed E-state index contributed by atoms with van der Waals surface area (Å²) in [6, 6.07) is 12.8. The van der Waals surface area contributed by atoms with E-state index >= 15 is 0 Å². The Kier molecular flexibility index (Phi) is 7.89. The van der Waals surface area contributed by atoms with Crippen molar-refractivity contribution in [1.82, 2.24) is 9.80 Å². The Hall–Kier alpha value is -4.08. The summed E-state index contributed by atoms with van der Waals surface area (Å²) in [6.45, 7) is 6.05. The first kappa shape index (κ1) is 27.0. The molecule has 2 fully saturated rings. The van der Waals surface area contributed by atoms with Crippen LogP contribution in [0.4, 0.5) is 21.0 Å². The highest BCUT2D eigenvalue weighted by molar-refractivity contribution is 6.04. The SMILES string of the molecule is CC(C)(C)OC(=O)N1CCC[C@H]1C(=O)Nc1ccccc1-c1ccccc1NC(=O)[C@@H]1CCCN1C(=O)[O-]. The number of anilines is 2. The average Bonchev–Trinajstić information content (AvgIpc) is 3.54. The lowest BCUT2D eigenvalue weighted by Gasteiger charge is -2.28. The Morgan fingerprint density at radius 3 is 1.71 bits per heavy atom. The molecule has 2 heterocycles. The Labute approximate surface area is 221 Å². The molecular formula is C28H33N4O6-. The smallest absolute Gasteiger partial charge is 0.410 e. The number of carboxylic acid groups (broad SMARTS) is 1. The number of carbonyl (C=O) groups is 4. The highest BCUT2D eigenvalue weighted by Gasteiger charge is 2.37. The van der Waals surface area contributed by atoms with Crippen molar-refractivity contribution < 1.29 is 29.0 Å². The van der Waals surface area contributed by atoms with Gasteiger partial charge in [0.25, 0.3) is 0 Å². The van der Waals surface area contributed by atoms with Crippen molar-refractivity contribution in [2.75, 3.05) is 23.7 Å². The monoisotopic (exact) mass is 521 g/mol. The van der Waals surface area contributed by atoms with E-state index in [0.29, 0.717) is 54.7 Å². The lowest BCUT2D eigenvalue weighted by Crippen LogP contribution is -2.48. The number of nitrogens with zero attached hydrogens (tertiary/aromatic N) is 2. The zero-order valence-electron chi connectivity index (χ0n) is 21.9. The van der Waals surface area contributed by atoms with Crippen LogP contribution in [0.1, 0.15) is 46.5 Å². The van der Waals surface area contributed by atoms with Gasteiger partial charge in [-0.25, -0.2) is 4.79 Å². The van der Waals surface area contributed by atoms with Gasteiger partial charge in [0.1, 0.15) is 23.8 Å². The number of benzene rings is 2. The van der Waals surface area contributed by atoms with Crippen molar-refractivity contribution in [1.29, 1.82) is 0 Å². The van der Waals surface area contributed by atoms with E-state index in [1.807, 2.05) is 24.3 Å². The van der Waals surface area contributed by atoms with Crippen molar-refractivity contribution in [3.8, 4) is 11.1 Å². The van der Waals surface area contributed by atoms with Crippen molar-refractivity contribution >= 4 is 35.4 Å². The van der Waals surface area contributed by atoms with E-state index < -0.39 is 35.8 Å². The fourth-order valence-corrected chi connectivity index (χ4v) is 4.92. The Balaban J connectivity index is 1.55. The molecule has 0 aromatic heterocycles. The molecule has 2 aromatic carbocycles. The van der Waals surface area contributed by atoms with E-state index in [0.717, 1.165) is 4.90 Å². The third-order valence-electron chi connectivity index (χ3n) is 6.63. The molecule has 10 heteroatoms. The molecule has 0 aliphatic carbocycles. The number of hydrogen-bond acceptors (Lipinski definition) is 6. The van der Waals surface area contributed by atoms with E-state index in [9.17, 15) is 24.3 Å². The minimum absolute atomic E-state index is 0.262. The molecule has 0 spiro atoms. The standard InChI is InChI=1S/C28H34N4O6/c1-28(2,3)38-27(37)32-17-9-15-23(32)25(34)30-21-13-7-5-11-19(21)18-10-4-6-12-20(18)29-24(33)22-14-8-16-31(22)26(35)36/h4-7,10-13,22-23H,8-9,14-17H2,1-3H3,(H,29,33)(H,30,34)(H,35,36)/p-1/t22-,23-/m0/s1. The molecule has 10 nitrogen and oxygen atoms in total. The second-order valence-electron chi connectivity index (χ2n) is 10.5. The van der Waals surface area contributed by atoms with Gasteiger partial charge in [-0.1, -0.05) is 36.4 Å². The summed E-state index contributed by atoms with van der Waals surface area (Å²) in [5.41, 5.74) is 1.66. The summed E-state index contributed by atoms with van der Waals surface area (Å²) in [5.74, 6) is -0.752. The summed E-state index contributed by atoms with van der Waals surface area (Å²) in [5, 5.41) is 17.2. The predicted molar refractivity (Wildman–Crippen MR) is 140 cm³/mol.